The molecule has 0 atom stereocenters. The highest BCUT2D eigenvalue weighted by Crippen LogP contribution is 2.20. The van der Waals surface area contributed by atoms with Gasteiger partial charge in [0.1, 0.15) is 0 Å². The van der Waals surface area contributed by atoms with E-state index in [1.165, 1.54) is 12.8 Å². The van der Waals surface area contributed by atoms with Crippen LogP contribution in [0.2, 0.25) is 0 Å². The summed E-state index contributed by atoms with van der Waals surface area (Å²) < 4.78 is 6.99. The van der Waals surface area contributed by atoms with E-state index in [-0.39, 0.29) is 0 Å². The van der Waals surface area contributed by atoms with Gasteiger partial charge in [0.05, 0.1) is 6.54 Å². The maximum Gasteiger partial charge on any atom is 0.278 e. The van der Waals surface area contributed by atoms with E-state index in [0.717, 1.165) is 11.4 Å². The minimum absolute atomic E-state index is 0.487. The zero-order chi connectivity index (χ0) is 11.8. The minimum atomic E-state index is 0.487. The number of nitrogens with one attached hydrogen (secondary N) is 1. The Bertz CT molecular complexity index is 506. The van der Waals surface area contributed by atoms with E-state index in [2.05, 4.69) is 20.6 Å². The summed E-state index contributed by atoms with van der Waals surface area (Å²) in [5.41, 5.74) is 1.80. The molecule has 2 aromatic rings. The van der Waals surface area contributed by atoms with Gasteiger partial charge < -0.3 is 9.84 Å². The summed E-state index contributed by atoms with van der Waals surface area (Å²) in [7, 11) is 1.89. The topological polar surface area (TPSA) is 68.8 Å². The molecular weight excluding hydrogens is 218 g/mol. The van der Waals surface area contributed by atoms with Crippen molar-refractivity contribution >= 4 is 0 Å². The van der Waals surface area contributed by atoms with Crippen LogP contribution in [0.1, 0.15) is 24.4 Å². The largest absolute Gasteiger partial charge is 0.332 e. The normalized spacial score (nSPS) is 15.4. The number of aryl methyl sites for hydroxylation is 2. The first-order valence-corrected chi connectivity index (χ1v) is 5.79. The van der Waals surface area contributed by atoms with Crippen LogP contribution in [0.4, 0.5) is 0 Å². The highest BCUT2D eigenvalue weighted by molar-refractivity contribution is 5.46. The first-order valence-electron chi connectivity index (χ1n) is 5.79. The standard InChI is InChI=1S/C11H15N5O/c1-7-5-9(14-16(7)2)11-13-10(15-17-11)6-12-8-3-4-8/h5,8,12H,3-4,6H2,1-2H3. The van der Waals surface area contributed by atoms with Crippen LogP contribution in [0.5, 0.6) is 0 Å². The van der Waals surface area contributed by atoms with Gasteiger partial charge in [-0.25, -0.2) is 0 Å². The molecular formula is C11H15N5O. The Balaban J connectivity index is 1.74. The maximum atomic E-state index is 5.19. The van der Waals surface area contributed by atoms with Gasteiger partial charge in [0, 0.05) is 18.8 Å². The number of hydrogen-bond donors (Lipinski definition) is 1. The molecule has 90 valence electrons. The molecule has 3 rings (SSSR count). The molecule has 2 heterocycles. The molecule has 6 heteroatoms. The molecule has 6 nitrogen and oxygen atoms in total. The Morgan fingerprint density at radius 1 is 1.53 bits per heavy atom. The van der Waals surface area contributed by atoms with Crippen molar-refractivity contribution in [1.82, 2.24) is 25.2 Å². The van der Waals surface area contributed by atoms with Gasteiger partial charge in [-0.3, -0.25) is 4.68 Å². The van der Waals surface area contributed by atoms with E-state index < -0.39 is 0 Å². The number of aromatic nitrogens is 4. The molecule has 0 unspecified atom stereocenters. The first kappa shape index (κ1) is 10.5. The van der Waals surface area contributed by atoms with Crippen LogP contribution in [0.25, 0.3) is 11.6 Å². The van der Waals surface area contributed by atoms with Crippen molar-refractivity contribution in [2.45, 2.75) is 32.4 Å². The summed E-state index contributed by atoms with van der Waals surface area (Å²) >= 11 is 0. The van der Waals surface area contributed by atoms with Crippen LogP contribution < -0.4 is 5.32 Å². The monoisotopic (exact) mass is 233 g/mol. The predicted molar refractivity (Wildman–Crippen MR) is 61.1 cm³/mol. The van der Waals surface area contributed by atoms with Crippen LogP contribution in [-0.2, 0) is 13.6 Å². The Morgan fingerprint density at radius 2 is 2.35 bits per heavy atom. The highest BCUT2D eigenvalue weighted by atomic mass is 16.5. The predicted octanol–water partition coefficient (Wildman–Crippen LogP) is 1.03. The molecule has 0 bridgehead atoms. The lowest BCUT2D eigenvalue weighted by atomic mass is 10.4. The SMILES string of the molecule is Cc1cc(-c2nc(CNC3CC3)no2)nn1C. The molecule has 1 aliphatic rings. The van der Waals surface area contributed by atoms with Gasteiger partial charge in [0.25, 0.3) is 5.89 Å². The summed E-state index contributed by atoms with van der Waals surface area (Å²) in [5, 5.41) is 11.6. The average molecular weight is 233 g/mol. The van der Waals surface area contributed by atoms with Gasteiger partial charge in [-0.15, -0.1) is 0 Å². The fourth-order valence-electron chi connectivity index (χ4n) is 1.62. The minimum Gasteiger partial charge on any atom is -0.332 e. The molecule has 0 amide bonds. The quantitative estimate of drug-likeness (QED) is 0.854. The Kier molecular flexibility index (Phi) is 2.44. The van der Waals surface area contributed by atoms with E-state index in [0.29, 0.717) is 24.3 Å². The van der Waals surface area contributed by atoms with Crippen molar-refractivity contribution in [2.24, 2.45) is 7.05 Å². The lowest BCUT2D eigenvalue weighted by Gasteiger charge is -1.94. The van der Waals surface area contributed by atoms with Crippen molar-refractivity contribution in [3.8, 4) is 11.6 Å². The van der Waals surface area contributed by atoms with Crippen molar-refractivity contribution in [3.05, 3.63) is 17.6 Å². The number of nitrogens with zero attached hydrogens (tertiary/aromatic N) is 4. The van der Waals surface area contributed by atoms with Crippen LogP contribution in [-0.4, -0.2) is 26.0 Å². The third-order valence-electron chi connectivity index (χ3n) is 2.93. The van der Waals surface area contributed by atoms with Gasteiger partial charge in [-0.2, -0.15) is 10.1 Å². The zero-order valence-electron chi connectivity index (χ0n) is 9.97. The summed E-state index contributed by atoms with van der Waals surface area (Å²) in [6.07, 6.45) is 2.51. The van der Waals surface area contributed by atoms with Gasteiger partial charge in [0.2, 0.25) is 0 Å². The molecule has 1 N–H and O–H groups in total. The van der Waals surface area contributed by atoms with Gasteiger partial charge in [-0.1, -0.05) is 5.16 Å². The second-order valence-electron chi connectivity index (χ2n) is 4.47. The molecule has 1 aliphatic carbocycles. The van der Waals surface area contributed by atoms with Crippen molar-refractivity contribution < 1.29 is 4.52 Å². The van der Waals surface area contributed by atoms with Crippen molar-refractivity contribution in [3.63, 3.8) is 0 Å². The summed E-state index contributed by atoms with van der Waals surface area (Å²) in [6, 6.07) is 2.58. The van der Waals surface area contributed by atoms with Crippen molar-refractivity contribution in [2.75, 3.05) is 0 Å². The fraction of sp³-hybridized carbons (Fsp3) is 0.545. The van der Waals surface area contributed by atoms with Gasteiger partial charge in [0.15, 0.2) is 11.5 Å². The second kappa shape index (κ2) is 3.96. The van der Waals surface area contributed by atoms with E-state index in [1.54, 1.807) is 4.68 Å². The summed E-state index contributed by atoms with van der Waals surface area (Å²) in [6.45, 7) is 2.66. The highest BCUT2D eigenvalue weighted by Gasteiger charge is 2.21. The van der Waals surface area contributed by atoms with E-state index in [4.69, 9.17) is 4.52 Å². The molecule has 1 saturated carbocycles. The van der Waals surface area contributed by atoms with Crippen LogP contribution >= 0.6 is 0 Å². The molecule has 1 fully saturated rings. The second-order valence-corrected chi connectivity index (χ2v) is 4.47. The first-order chi connectivity index (χ1) is 8.22. The Morgan fingerprint density at radius 3 is 3.00 bits per heavy atom. The fourth-order valence-corrected chi connectivity index (χ4v) is 1.62. The molecule has 2 aromatic heterocycles. The lowest BCUT2D eigenvalue weighted by Crippen LogP contribution is -2.16. The van der Waals surface area contributed by atoms with Gasteiger partial charge >= 0.3 is 0 Å². The molecule has 0 aromatic carbocycles. The van der Waals surface area contributed by atoms with Crippen molar-refractivity contribution in [1.29, 1.82) is 0 Å². The summed E-state index contributed by atoms with van der Waals surface area (Å²) in [4.78, 5) is 4.32. The molecule has 0 aliphatic heterocycles. The maximum absolute atomic E-state index is 5.19. The Labute approximate surface area is 99.0 Å². The molecule has 0 radical (unpaired) electrons. The van der Waals surface area contributed by atoms with E-state index in [1.807, 2.05) is 20.0 Å². The zero-order valence-corrected chi connectivity index (χ0v) is 9.97. The smallest absolute Gasteiger partial charge is 0.278 e. The van der Waals surface area contributed by atoms with E-state index in [9.17, 15) is 0 Å². The number of rotatable bonds is 4. The lowest BCUT2D eigenvalue weighted by molar-refractivity contribution is 0.417. The third-order valence-corrected chi connectivity index (χ3v) is 2.93. The molecule has 17 heavy (non-hydrogen) atoms. The number of hydrogen-bond acceptors (Lipinski definition) is 5. The Hall–Kier alpha value is -1.69. The van der Waals surface area contributed by atoms with Crippen LogP contribution in [0.15, 0.2) is 10.6 Å². The van der Waals surface area contributed by atoms with E-state index >= 15 is 0 Å². The van der Waals surface area contributed by atoms with Crippen LogP contribution in [0.3, 0.4) is 0 Å². The molecule has 0 saturated heterocycles. The average Bonchev–Trinajstić information content (AvgIpc) is 2.92. The molecule has 0 spiro atoms. The summed E-state index contributed by atoms with van der Waals surface area (Å²) in [5.74, 6) is 1.18. The van der Waals surface area contributed by atoms with Crippen LogP contribution in [0, 0.1) is 6.92 Å². The van der Waals surface area contributed by atoms with Gasteiger partial charge in [-0.05, 0) is 25.8 Å². The third kappa shape index (κ3) is 2.21.